The molecule has 0 aromatic heterocycles. The minimum Gasteiger partial charge on any atom is -0.347 e. The molecule has 0 fully saturated rings. The van der Waals surface area contributed by atoms with E-state index in [4.69, 9.17) is 0 Å². The Balaban J connectivity index is 1.79. The Morgan fingerprint density at radius 2 is 1.72 bits per heavy atom. The first-order chi connectivity index (χ1) is 13.7. The SMILES string of the molecule is C[NH+](CC(=O)NC(C)(C)C)CC(=O)N1c2ccccc2SC[C@@H]1c1ccccc1. The number of nitrogens with one attached hydrogen (secondary N) is 2. The van der Waals surface area contributed by atoms with Crippen LogP contribution in [-0.4, -0.2) is 43.2 Å². The van der Waals surface area contributed by atoms with E-state index in [1.54, 1.807) is 11.8 Å². The van der Waals surface area contributed by atoms with Crippen LogP contribution in [0.4, 0.5) is 5.69 Å². The van der Waals surface area contributed by atoms with Gasteiger partial charge < -0.3 is 10.2 Å². The van der Waals surface area contributed by atoms with Gasteiger partial charge in [0.1, 0.15) is 0 Å². The molecule has 0 bridgehead atoms. The highest BCUT2D eigenvalue weighted by Gasteiger charge is 2.34. The second kappa shape index (κ2) is 9.01. The van der Waals surface area contributed by atoms with Crippen molar-refractivity contribution in [1.82, 2.24) is 5.32 Å². The topological polar surface area (TPSA) is 53.9 Å². The molecular formula is C23H30N3O2S+. The van der Waals surface area contributed by atoms with Gasteiger partial charge >= 0.3 is 0 Å². The fraction of sp³-hybridized carbons (Fsp3) is 0.391. The lowest BCUT2D eigenvalue weighted by atomic mass is 10.1. The first-order valence-corrected chi connectivity index (χ1v) is 10.9. The van der Waals surface area contributed by atoms with E-state index in [-0.39, 0.29) is 36.5 Å². The number of likely N-dealkylation sites (N-methyl/N-ethyl adjacent to an activating group) is 1. The van der Waals surface area contributed by atoms with Crippen molar-refractivity contribution in [3.63, 3.8) is 0 Å². The molecule has 1 unspecified atom stereocenters. The molecule has 5 nitrogen and oxygen atoms in total. The fourth-order valence-electron chi connectivity index (χ4n) is 3.56. The van der Waals surface area contributed by atoms with Crippen molar-refractivity contribution in [3.05, 3.63) is 60.2 Å². The third-order valence-corrected chi connectivity index (χ3v) is 5.85. The predicted molar refractivity (Wildman–Crippen MR) is 118 cm³/mol. The zero-order valence-electron chi connectivity index (χ0n) is 17.6. The fourth-order valence-corrected chi connectivity index (χ4v) is 4.73. The molecule has 6 heteroatoms. The maximum Gasteiger partial charge on any atom is 0.282 e. The smallest absolute Gasteiger partial charge is 0.282 e. The minimum absolute atomic E-state index is 0.0141. The molecule has 0 saturated carbocycles. The van der Waals surface area contributed by atoms with Crippen molar-refractivity contribution in [2.24, 2.45) is 0 Å². The molecule has 0 aliphatic carbocycles. The summed E-state index contributed by atoms with van der Waals surface area (Å²) in [5.41, 5.74) is 1.81. The summed E-state index contributed by atoms with van der Waals surface area (Å²) in [5, 5.41) is 2.97. The first-order valence-electron chi connectivity index (χ1n) is 9.96. The monoisotopic (exact) mass is 412 g/mol. The van der Waals surface area contributed by atoms with Crippen molar-refractivity contribution in [1.29, 1.82) is 0 Å². The molecule has 2 N–H and O–H groups in total. The van der Waals surface area contributed by atoms with Crippen LogP contribution in [-0.2, 0) is 9.59 Å². The molecule has 3 rings (SSSR count). The van der Waals surface area contributed by atoms with Gasteiger partial charge in [-0.25, -0.2) is 0 Å². The summed E-state index contributed by atoms with van der Waals surface area (Å²) in [5.74, 6) is 0.806. The number of amides is 2. The van der Waals surface area contributed by atoms with Gasteiger partial charge in [0.05, 0.1) is 18.8 Å². The number of para-hydroxylation sites is 1. The zero-order valence-corrected chi connectivity index (χ0v) is 18.4. The van der Waals surface area contributed by atoms with E-state index >= 15 is 0 Å². The lowest BCUT2D eigenvalue weighted by molar-refractivity contribution is -0.862. The Labute approximate surface area is 177 Å². The van der Waals surface area contributed by atoms with Gasteiger partial charge in [-0.1, -0.05) is 42.5 Å². The Morgan fingerprint density at radius 1 is 1.07 bits per heavy atom. The molecule has 2 aromatic carbocycles. The third-order valence-electron chi connectivity index (χ3n) is 4.72. The first kappa shape index (κ1) is 21.4. The normalized spacial score (nSPS) is 17.4. The maximum atomic E-state index is 13.4. The molecular weight excluding hydrogens is 382 g/mol. The predicted octanol–water partition coefficient (Wildman–Crippen LogP) is 2.30. The lowest BCUT2D eigenvalue weighted by Gasteiger charge is -2.37. The van der Waals surface area contributed by atoms with Crippen LogP contribution >= 0.6 is 11.8 Å². The second-order valence-corrected chi connectivity index (χ2v) is 9.64. The van der Waals surface area contributed by atoms with E-state index in [0.29, 0.717) is 0 Å². The van der Waals surface area contributed by atoms with Crippen molar-refractivity contribution >= 4 is 29.3 Å². The number of hydrogen-bond acceptors (Lipinski definition) is 3. The maximum absolute atomic E-state index is 13.4. The second-order valence-electron chi connectivity index (χ2n) is 8.58. The number of hydrogen-bond donors (Lipinski definition) is 2. The molecule has 1 heterocycles. The molecule has 0 saturated heterocycles. The number of anilines is 1. The number of thioether (sulfide) groups is 1. The average Bonchev–Trinajstić information content (AvgIpc) is 2.65. The summed E-state index contributed by atoms with van der Waals surface area (Å²) in [6.45, 7) is 6.40. The largest absolute Gasteiger partial charge is 0.347 e. The molecule has 2 aromatic rings. The van der Waals surface area contributed by atoms with Crippen molar-refractivity contribution in [2.75, 3.05) is 30.8 Å². The Kier molecular flexibility index (Phi) is 6.65. The van der Waals surface area contributed by atoms with E-state index < -0.39 is 0 Å². The Hall–Kier alpha value is -2.31. The van der Waals surface area contributed by atoms with Crippen LogP contribution in [0.15, 0.2) is 59.5 Å². The van der Waals surface area contributed by atoms with E-state index in [1.807, 2.05) is 69.1 Å². The number of carbonyl (C=O) groups excluding carboxylic acids is 2. The summed E-state index contributed by atoms with van der Waals surface area (Å²) in [7, 11) is 1.89. The van der Waals surface area contributed by atoms with Crippen LogP contribution in [0.3, 0.4) is 0 Å². The highest BCUT2D eigenvalue weighted by atomic mass is 32.2. The van der Waals surface area contributed by atoms with Gasteiger partial charge in [0, 0.05) is 16.2 Å². The number of carbonyl (C=O) groups is 2. The van der Waals surface area contributed by atoms with Crippen molar-refractivity contribution < 1.29 is 14.5 Å². The molecule has 29 heavy (non-hydrogen) atoms. The van der Waals surface area contributed by atoms with E-state index in [1.165, 1.54) is 0 Å². The molecule has 1 aliphatic rings. The van der Waals surface area contributed by atoms with Gasteiger partial charge in [0.15, 0.2) is 13.1 Å². The van der Waals surface area contributed by atoms with Crippen LogP contribution in [0.25, 0.3) is 0 Å². The molecule has 1 aliphatic heterocycles. The number of quaternary nitrogens is 1. The van der Waals surface area contributed by atoms with E-state index in [2.05, 4.69) is 23.5 Å². The summed E-state index contributed by atoms with van der Waals surface area (Å²) in [6, 6.07) is 18.2. The van der Waals surface area contributed by atoms with E-state index in [9.17, 15) is 9.59 Å². The highest BCUT2D eigenvalue weighted by molar-refractivity contribution is 7.99. The summed E-state index contributed by atoms with van der Waals surface area (Å²) in [6.07, 6.45) is 0. The van der Waals surface area contributed by atoms with Gasteiger partial charge in [-0.05, 0) is 38.5 Å². The zero-order chi connectivity index (χ0) is 21.0. The number of benzene rings is 2. The number of nitrogens with zero attached hydrogens (tertiary/aromatic N) is 1. The minimum atomic E-state index is -0.275. The molecule has 2 atom stereocenters. The van der Waals surface area contributed by atoms with Gasteiger partial charge in [-0.2, -0.15) is 0 Å². The lowest BCUT2D eigenvalue weighted by Crippen LogP contribution is -3.11. The Morgan fingerprint density at radius 3 is 2.41 bits per heavy atom. The van der Waals surface area contributed by atoms with Crippen molar-refractivity contribution in [2.45, 2.75) is 37.2 Å². The van der Waals surface area contributed by atoms with Crippen LogP contribution in [0.5, 0.6) is 0 Å². The van der Waals surface area contributed by atoms with Crippen LogP contribution < -0.4 is 15.1 Å². The van der Waals surface area contributed by atoms with Crippen LogP contribution in [0.1, 0.15) is 32.4 Å². The van der Waals surface area contributed by atoms with Crippen molar-refractivity contribution in [3.8, 4) is 0 Å². The van der Waals surface area contributed by atoms with E-state index in [0.717, 1.165) is 26.8 Å². The standard InChI is InChI=1S/C23H29N3O2S/c1-23(2,3)24-21(27)14-25(4)15-22(28)26-18-12-8-9-13-20(18)29-16-19(26)17-10-6-5-7-11-17/h5-13,19H,14-16H2,1-4H3,(H,24,27)/p+1/t19-/m1/s1. The number of rotatable bonds is 5. The summed E-state index contributed by atoms with van der Waals surface area (Å²) < 4.78 is 0. The van der Waals surface area contributed by atoms with Gasteiger partial charge in [-0.15, -0.1) is 11.8 Å². The molecule has 0 radical (unpaired) electrons. The number of fused-ring (bicyclic) bond motifs is 1. The Bertz CT molecular complexity index is 864. The molecule has 0 spiro atoms. The highest BCUT2D eigenvalue weighted by Crippen LogP contribution is 2.42. The third kappa shape index (κ3) is 5.61. The van der Waals surface area contributed by atoms with Gasteiger partial charge in [0.2, 0.25) is 0 Å². The van der Waals surface area contributed by atoms with Crippen LogP contribution in [0, 0.1) is 0 Å². The van der Waals surface area contributed by atoms with Gasteiger partial charge in [-0.3, -0.25) is 14.5 Å². The summed E-state index contributed by atoms with van der Waals surface area (Å²) >= 11 is 1.78. The quantitative estimate of drug-likeness (QED) is 0.792. The van der Waals surface area contributed by atoms with Gasteiger partial charge in [0.25, 0.3) is 11.8 Å². The summed E-state index contributed by atoms with van der Waals surface area (Å²) in [4.78, 5) is 29.6. The molecule has 154 valence electrons. The average molecular weight is 413 g/mol. The molecule has 2 amide bonds. The van der Waals surface area contributed by atoms with Crippen LogP contribution in [0.2, 0.25) is 0 Å².